The van der Waals surface area contributed by atoms with Gasteiger partial charge in [0.2, 0.25) is 0 Å². The van der Waals surface area contributed by atoms with Crippen LogP contribution in [0.3, 0.4) is 0 Å². The van der Waals surface area contributed by atoms with Gasteiger partial charge in [-0.1, -0.05) is 50.5 Å². The van der Waals surface area contributed by atoms with Crippen molar-refractivity contribution >= 4 is 0 Å². The Hall–Kier alpha value is -4.03. The van der Waals surface area contributed by atoms with Gasteiger partial charge in [0, 0.05) is 34.7 Å². The van der Waals surface area contributed by atoms with Crippen LogP contribution in [0.15, 0.2) is 60.7 Å². The lowest BCUT2D eigenvalue weighted by molar-refractivity contribution is -0.206. The molecule has 12 heteroatoms. The van der Waals surface area contributed by atoms with E-state index in [2.05, 4.69) is 11.7 Å². The van der Waals surface area contributed by atoms with Crippen molar-refractivity contribution < 1.29 is 53.7 Å². The average molecular weight is 655 g/mol. The maximum atomic E-state index is 15.2. The SMILES string of the molecule is CCCCCC1COC(c2ccc(-c3ccc(-c4cc(F)c(C(F)(F)Oc5cc(F)c(F)c(F)c5)c(F)c4)c(F)c3)c(F)c2)OC1. The summed E-state index contributed by atoms with van der Waals surface area (Å²) in [4.78, 5) is 0. The van der Waals surface area contributed by atoms with Gasteiger partial charge >= 0.3 is 6.11 Å². The summed E-state index contributed by atoms with van der Waals surface area (Å²) in [6.07, 6.45) is -1.29. The lowest BCUT2D eigenvalue weighted by atomic mass is 9.97. The van der Waals surface area contributed by atoms with Crippen LogP contribution in [0.5, 0.6) is 5.75 Å². The molecule has 46 heavy (non-hydrogen) atoms. The fourth-order valence-electron chi connectivity index (χ4n) is 5.21. The highest BCUT2D eigenvalue weighted by atomic mass is 19.3. The minimum Gasteiger partial charge on any atom is -0.429 e. The van der Waals surface area contributed by atoms with Gasteiger partial charge in [0.25, 0.3) is 0 Å². The lowest BCUT2D eigenvalue weighted by Crippen LogP contribution is -2.27. The fourth-order valence-corrected chi connectivity index (χ4v) is 5.21. The van der Waals surface area contributed by atoms with Crippen LogP contribution in [0.1, 0.15) is 50.0 Å². The first-order valence-electron chi connectivity index (χ1n) is 14.4. The van der Waals surface area contributed by atoms with Gasteiger partial charge in [-0.2, -0.15) is 8.78 Å². The third-order valence-corrected chi connectivity index (χ3v) is 7.58. The molecule has 0 N–H and O–H groups in total. The second-order valence-electron chi connectivity index (χ2n) is 10.9. The fraction of sp³-hybridized carbons (Fsp3) is 0.294. The van der Waals surface area contributed by atoms with Crippen molar-refractivity contribution in [2.45, 2.75) is 45.0 Å². The molecule has 244 valence electrons. The van der Waals surface area contributed by atoms with Gasteiger partial charge in [0.05, 0.1) is 13.2 Å². The molecule has 1 aliphatic heterocycles. The van der Waals surface area contributed by atoms with Gasteiger partial charge in [0.15, 0.2) is 23.7 Å². The Morgan fingerprint density at radius 1 is 0.674 bits per heavy atom. The number of unbranched alkanes of at least 4 members (excludes halogenated alkanes) is 2. The Morgan fingerprint density at radius 3 is 1.83 bits per heavy atom. The van der Waals surface area contributed by atoms with E-state index in [1.165, 1.54) is 18.2 Å². The Kier molecular flexibility index (Phi) is 9.97. The molecule has 0 saturated carbocycles. The molecule has 1 saturated heterocycles. The third kappa shape index (κ3) is 7.18. The van der Waals surface area contributed by atoms with Crippen LogP contribution in [0, 0.1) is 46.6 Å². The Labute approximate surface area is 258 Å². The largest absolute Gasteiger partial charge is 0.432 e. The molecule has 0 atom stereocenters. The average Bonchev–Trinajstić information content (AvgIpc) is 2.99. The minimum atomic E-state index is -4.81. The van der Waals surface area contributed by atoms with E-state index in [0.29, 0.717) is 30.9 Å². The Balaban J connectivity index is 1.32. The van der Waals surface area contributed by atoms with E-state index in [0.717, 1.165) is 37.8 Å². The first-order valence-corrected chi connectivity index (χ1v) is 14.4. The zero-order valence-corrected chi connectivity index (χ0v) is 24.3. The summed E-state index contributed by atoms with van der Waals surface area (Å²) in [5, 5.41) is 0. The van der Waals surface area contributed by atoms with Gasteiger partial charge in [-0.15, -0.1) is 0 Å². The quantitative estimate of drug-likeness (QED) is 0.0968. The number of benzene rings is 4. The van der Waals surface area contributed by atoms with Gasteiger partial charge in [0.1, 0.15) is 34.6 Å². The molecule has 4 aromatic carbocycles. The molecular formula is C34H27F9O3. The summed E-state index contributed by atoms with van der Waals surface area (Å²) in [6.45, 7) is 3.07. The molecule has 1 aliphatic rings. The van der Waals surface area contributed by atoms with Crippen LogP contribution in [0.2, 0.25) is 0 Å². The standard InChI is InChI=1S/C34H27F9O3/c1-2-3-4-5-18-16-44-33(45-17-18)20-7-9-23(26(36)11-20)19-6-8-24(25(35)10-19)21-12-27(37)31(28(38)13-21)34(42,43)46-22-14-29(39)32(41)30(40)15-22/h6-15,18,33H,2-5,16-17H2,1H3. The van der Waals surface area contributed by atoms with Crippen LogP contribution in [0.25, 0.3) is 22.3 Å². The maximum absolute atomic E-state index is 15.2. The topological polar surface area (TPSA) is 27.7 Å². The smallest absolute Gasteiger partial charge is 0.429 e. The van der Waals surface area contributed by atoms with E-state index >= 15 is 8.78 Å². The highest BCUT2D eigenvalue weighted by Gasteiger charge is 2.41. The highest BCUT2D eigenvalue weighted by molar-refractivity contribution is 5.72. The summed E-state index contributed by atoms with van der Waals surface area (Å²) in [6, 6.07) is 8.46. The van der Waals surface area contributed by atoms with E-state index in [9.17, 15) is 30.7 Å². The first-order chi connectivity index (χ1) is 21.9. The number of ether oxygens (including phenoxy) is 3. The summed E-state index contributed by atoms with van der Waals surface area (Å²) >= 11 is 0. The van der Waals surface area contributed by atoms with Gasteiger partial charge < -0.3 is 14.2 Å². The van der Waals surface area contributed by atoms with Crippen molar-refractivity contribution in [3.63, 3.8) is 0 Å². The van der Waals surface area contributed by atoms with E-state index in [4.69, 9.17) is 9.47 Å². The van der Waals surface area contributed by atoms with Gasteiger partial charge in [-0.3, -0.25) is 0 Å². The lowest BCUT2D eigenvalue weighted by Gasteiger charge is -2.29. The number of halogens is 9. The third-order valence-electron chi connectivity index (χ3n) is 7.58. The zero-order chi connectivity index (χ0) is 33.2. The van der Waals surface area contributed by atoms with Crippen molar-refractivity contribution in [1.29, 1.82) is 0 Å². The summed E-state index contributed by atoms with van der Waals surface area (Å²) in [5.41, 5.74) is -2.27. The Bertz CT molecular complexity index is 1670. The Morgan fingerprint density at radius 2 is 1.24 bits per heavy atom. The number of hydrogen-bond acceptors (Lipinski definition) is 3. The number of hydrogen-bond donors (Lipinski definition) is 0. The van der Waals surface area contributed by atoms with Crippen molar-refractivity contribution in [1.82, 2.24) is 0 Å². The van der Waals surface area contributed by atoms with Crippen LogP contribution >= 0.6 is 0 Å². The van der Waals surface area contributed by atoms with E-state index in [-0.39, 0.29) is 29.2 Å². The molecule has 3 nitrogen and oxygen atoms in total. The van der Waals surface area contributed by atoms with E-state index in [1.54, 1.807) is 6.07 Å². The molecule has 1 heterocycles. The molecule has 0 aliphatic carbocycles. The maximum Gasteiger partial charge on any atom is 0.432 e. The normalized spacial score (nSPS) is 16.9. The summed E-state index contributed by atoms with van der Waals surface area (Å²) < 4.78 is 145. The molecule has 0 bridgehead atoms. The van der Waals surface area contributed by atoms with E-state index < -0.39 is 75.6 Å². The second kappa shape index (κ2) is 13.8. The van der Waals surface area contributed by atoms with Crippen LogP contribution in [0.4, 0.5) is 39.5 Å². The van der Waals surface area contributed by atoms with Crippen molar-refractivity contribution in [3.05, 3.63) is 113 Å². The van der Waals surface area contributed by atoms with Crippen molar-refractivity contribution in [3.8, 4) is 28.0 Å². The van der Waals surface area contributed by atoms with Gasteiger partial charge in [-0.25, -0.2) is 30.7 Å². The summed E-state index contributed by atoms with van der Waals surface area (Å²) in [7, 11) is 0. The molecule has 5 rings (SSSR count). The zero-order valence-electron chi connectivity index (χ0n) is 24.3. The molecule has 1 fully saturated rings. The van der Waals surface area contributed by atoms with Crippen LogP contribution < -0.4 is 4.74 Å². The van der Waals surface area contributed by atoms with Gasteiger partial charge in [-0.05, 0) is 41.8 Å². The summed E-state index contributed by atoms with van der Waals surface area (Å²) in [5.74, 6) is -12.1. The second-order valence-corrected chi connectivity index (χ2v) is 10.9. The number of rotatable bonds is 10. The monoisotopic (exact) mass is 654 g/mol. The molecule has 0 unspecified atom stereocenters. The highest BCUT2D eigenvalue weighted by Crippen LogP contribution is 2.39. The molecular weight excluding hydrogens is 627 g/mol. The molecule has 0 radical (unpaired) electrons. The van der Waals surface area contributed by atoms with Crippen LogP contribution in [-0.2, 0) is 15.6 Å². The molecule has 0 amide bonds. The molecule has 0 spiro atoms. The minimum absolute atomic E-state index is 0.0145. The predicted molar refractivity (Wildman–Crippen MR) is 150 cm³/mol. The first kappa shape index (κ1) is 33.3. The molecule has 0 aromatic heterocycles. The predicted octanol–water partition coefficient (Wildman–Crippen LogP) is 10.4. The molecule has 4 aromatic rings. The van der Waals surface area contributed by atoms with E-state index in [1.807, 2.05) is 0 Å². The number of alkyl halides is 2. The van der Waals surface area contributed by atoms with Crippen molar-refractivity contribution in [2.75, 3.05) is 13.2 Å². The van der Waals surface area contributed by atoms with Crippen molar-refractivity contribution in [2.24, 2.45) is 5.92 Å². The van der Waals surface area contributed by atoms with Crippen LogP contribution in [-0.4, -0.2) is 13.2 Å².